The molecule has 0 bridgehead atoms. The first kappa shape index (κ1) is 25.6. The normalized spacial score (nSPS) is 13.8. The van der Waals surface area contributed by atoms with Gasteiger partial charge in [-0.15, -0.1) is 0 Å². The van der Waals surface area contributed by atoms with Gasteiger partial charge >= 0.3 is 5.97 Å². The first-order valence-electron chi connectivity index (χ1n) is 13.7. The average Bonchev–Trinajstić information content (AvgIpc) is 3.78. The molecule has 1 aliphatic rings. The van der Waals surface area contributed by atoms with E-state index in [-0.39, 0.29) is 17.5 Å². The standard InChI is InChI=1S/C34H31N3O3/c1-21(26-6-5-7-27(18-26)24-14-15-24)35-33(38)28-16-17-29-22(2)36-37(32(29)19-28)20-23-10-12-25(13-11-23)30-8-3-4-9-31(30)34(39)40/h3-13,16-19,21,24H,14-15,20H2,1-2H3,(H,35,38)(H,39,40)/t21-/m0/s1. The highest BCUT2D eigenvalue weighted by Gasteiger charge is 2.24. The molecule has 0 aliphatic heterocycles. The van der Waals surface area contributed by atoms with Gasteiger partial charge < -0.3 is 10.4 Å². The highest BCUT2D eigenvalue weighted by atomic mass is 16.4. The molecule has 1 aromatic heterocycles. The number of nitrogens with one attached hydrogen (secondary N) is 1. The van der Waals surface area contributed by atoms with Crippen LogP contribution in [0.4, 0.5) is 0 Å². The molecule has 6 rings (SSSR count). The molecule has 1 heterocycles. The number of carboxylic acids is 1. The fraction of sp³-hybridized carbons (Fsp3) is 0.206. The second-order valence-electron chi connectivity index (χ2n) is 10.7. The van der Waals surface area contributed by atoms with Gasteiger partial charge in [0.25, 0.3) is 5.91 Å². The fourth-order valence-corrected chi connectivity index (χ4v) is 5.35. The number of aromatic carboxylic acids is 1. The topological polar surface area (TPSA) is 84.2 Å². The zero-order valence-corrected chi connectivity index (χ0v) is 22.6. The number of carbonyl (C=O) groups excluding carboxylic acids is 1. The molecule has 1 amide bonds. The van der Waals surface area contributed by atoms with Crippen LogP contribution in [0.3, 0.4) is 0 Å². The van der Waals surface area contributed by atoms with Crippen molar-refractivity contribution < 1.29 is 14.7 Å². The van der Waals surface area contributed by atoms with Crippen molar-refractivity contribution in [2.24, 2.45) is 0 Å². The van der Waals surface area contributed by atoms with E-state index in [9.17, 15) is 14.7 Å². The van der Waals surface area contributed by atoms with Crippen LogP contribution in [0.25, 0.3) is 22.0 Å². The quantitative estimate of drug-likeness (QED) is 0.224. The fourth-order valence-electron chi connectivity index (χ4n) is 5.35. The summed E-state index contributed by atoms with van der Waals surface area (Å²) in [5, 5.41) is 18.5. The van der Waals surface area contributed by atoms with Crippen LogP contribution in [0.2, 0.25) is 0 Å². The van der Waals surface area contributed by atoms with Crippen molar-refractivity contribution in [3.8, 4) is 11.1 Å². The zero-order chi connectivity index (χ0) is 27.8. The van der Waals surface area contributed by atoms with Gasteiger partial charge in [-0.05, 0) is 78.6 Å². The van der Waals surface area contributed by atoms with Crippen molar-refractivity contribution in [2.75, 3.05) is 0 Å². The predicted molar refractivity (Wildman–Crippen MR) is 157 cm³/mol. The van der Waals surface area contributed by atoms with Gasteiger partial charge in [-0.25, -0.2) is 4.79 Å². The molecule has 200 valence electrons. The lowest BCUT2D eigenvalue weighted by Crippen LogP contribution is -2.26. The molecule has 0 spiro atoms. The lowest BCUT2D eigenvalue weighted by atomic mass is 9.99. The molecule has 1 atom stereocenters. The molecule has 2 N–H and O–H groups in total. The van der Waals surface area contributed by atoms with Gasteiger partial charge in [0.2, 0.25) is 0 Å². The van der Waals surface area contributed by atoms with Gasteiger partial charge in [-0.2, -0.15) is 5.10 Å². The second kappa shape index (κ2) is 10.5. The number of nitrogens with zero attached hydrogens (tertiary/aromatic N) is 2. The van der Waals surface area contributed by atoms with Crippen LogP contribution >= 0.6 is 0 Å². The molecule has 1 fully saturated rings. The number of aryl methyl sites for hydroxylation is 1. The number of amides is 1. The minimum atomic E-state index is -0.945. The smallest absolute Gasteiger partial charge is 0.336 e. The lowest BCUT2D eigenvalue weighted by Gasteiger charge is -2.16. The molecular formula is C34H31N3O3. The largest absolute Gasteiger partial charge is 0.478 e. The Morgan fingerprint density at radius 1 is 0.975 bits per heavy atom. The van der Waals surface area contributed by atoms with Gasteiger partial charge in [0, 0.05) is 10.9 Å². The van der Waals surface area contributed by atoms with E-state index in [0.29, 0.717) is 23.6 Å². The first-order chi connectivity index (χ1) is 19.4. The van der Waals surface area contributed by atoms with Crippen LogP contribution in [0, 0.1) is 6.92 Å². The molecular weight excluding hydrogens is 498 g/mol. The van der Waals surface area contributed by atoms with E-state index in [1.54, 1.807) is 12.1 Å². The van der Waals surface area contributed by atoms with Crippen LogP contribution in [0.15, 0.2) is 91.0 Å². The maximum absolute atomic E-state index is 13.2. The van der Waals surface area contributed by atoms with E-state index < -0.39 is 5.97 Å². The molecule has 4 aromatic carbocycles. The van der Waals surface area contributed by atoms with E-state index in [1.807, 2.05) is 73.1 Å². The Kier molecular flexibility index (Phi) is 6.68. The average molecular weight is 530 g/mol. The monoisotopic (exact) mass is 529 g/mol. The van der Waals surface area contributed by atoms with Crippen molar-refractivity contribution >= 4 is 22.8 Å². The molecule has 0 saturated heterocycles. The lowest BCUT2D eigenvalue weighted by molar-refractivity contribution is 0.0697. The highest BCUT2D eigenvalue weighted by Crippen LogP contribution is 2.40. The minimum Gasteiger partial charge on any atom is -0.478 e. The molecule has 0 unspecified atom stereocenters. The summed E-state index contributed by atoms with van der Waals surface area (Å²) in [6.45, 7) is 4.52. The van der Waals surface area contributed by atoms with E-state index in [1.165, 1.54) is 18.4 Å². The Hall–Kier alpha value is -4.71. The highest BCUT2D eigenvalue weighted by molar-refractivity contribution is 5.98. The number of carbonyl (C=O) groups is 2. The minimum absolute atomic E-state index is 0.0988. The molecule has 40 heavy (non-hydrogen) atoms. The summed E-state index contributed by atoms with van der Waals surface area (Å²) in [4.78, 5) is 24.9. The zero-order valence-electron chi connectivity index (χ0n) is 22.6. The van der Waals surface area contributed by atoms with Crippen LogP contribution < -0.4 is 5.32 Å². The van der Waals surface area contributed by atoms with E-state index in [2.05, 4.69) is 29.6 Å². The third-order valence-electron chi connectivity index (χ3n) is 7.76. The molecule has 5 aromatic rings. The van der Waals surface area contributed by atoms with Gasteiger partial charge in [-0.3, -0.25) is 9.48 Å². The van der Waals surface area contributed by atoms with Gasteiger partial charge in [0.1, 0.15) is 0 Å². The van der Waals surface area contributed by atoms with Crippen LogP contribution in [-0.4, -0.2) is 26.8 Å². The third kappa shape index (κ3) is 5.13. The maximum Gasteiger partial charge on any atom is 0.336 e. The first-order valence-corrected chi connectivity index (χ1v) is 13.7. The van der Waals surface area contributed by atoms with Crippen molar-refractivity contribution in [1.29, 1.82) is 0 Å². The summed E-state index contributed by atoms with van der Waals surface area (Å²) in [5.74, 6) is -0.386. The van der Waals surface area contributed by atoms with Crippen molar-refractivity contribution in [3.63, 3.8) is 0 Å². The molecule has 1 aliphatic carbocycles. The Morgan fingerprint density at radius 2 is 1.75 bits per heavy atom. The molecule has 1 saturated carbocycles. The summed E-state index contributed by atoms with van der Waals surface area (Å²) in [5.41, 5.74) is 7.71. The van der Waals surface area contributed by atoms with E-state index in [4.69, 9.17) is 5.10 Å². The predicted octanol–water partition coefficient (Wildman–Crippen LogP) is 7.13. The number of hydrogen-bond acceptors (Lipinski definition) is 3. The van der Waals surface area contributed by atoms with Crippen molar-refractivity contribution in [1.82, 2.24) is 15.1 Å². The number of hydrogen-bond donors (Lipinski definition) is 2. The number of carboxylic acid groups (broad SMARTS) is 1. The number of rotatable bonds is 8. The summed E-state index contributed by atoms with van der Waals surface area (Å²) >= 11 is 0. The Bertz CT molecular complexity index is 1730. The summed E-state index contributed by atoms with van der Waals surface area (Å²) in [6.07, 6.45) is 2.50. The number of fused-ring (bicyclic) bond motifs is 1. The SMILES string of the molecule is Cc1nn(Cc2ccc(-c3ccccc3C(=O)O)cc2)c2cc(C(=O)N[C@@H](C)c3cccc(C4CC4)c3)ccc12. The second-order valence-corrected chi connectivity index (χ2v) is 10.7. The molecule has 6 heteroatoms. The Morgan fingerprint density at radius 3 is 2.50 bits per heavy atom. The molecule has 0 radical (unpaired) electrons. The Balaban J connectivity index is 1.22. The van der Waals surface area contributed by atoms with Gasteiger partial charge in [0.15, 0.2) is 0 Å². The van der Waals surface area contributed by atoms with Crippen LogP contribution in [0.5, 0.6) is 0 Å². The van der Waals surface area contributed by atoms with E-state index in [0.717, 1.165) is 33.3 Å². The maximum atomic E-state index is 13.2. The summed E-state index contributed by atoms with van der Waals surface area (Å²) in [7, 11) is 0. The van der Waals surface area contributed by atoms with Crippen molar-refractivity contribution in [3.05, 3.63) is 125 Å². The van der Waals surface area contributed by atoms with Crippen LogP contribution in [0.1, 0.15) is 74.8 Å². The van der Waals surface area contributed by atoms with Crippen molar-refractivity contribution in [2.45, 2.75) is 45.2 Å². The molecule has 6 nitrogen and oxygen atoms in total. The number of aromatic nitrogens is 2. The summed E-state index contributed by atoms with van der Waals surface area (Å²) in [6, 6.07) is 29.1. The summed E-state index contributed by atoms with van der Waals surface area (Å²) < 4.78 is 1.92. The third-order valence-corrected chi connectivity index (χ3v) is 7.76. The van der Waals surface area contributed by atoms with Crippen LogP contribution in [-0.2, 0) is 6.54 Å². The van der Waals surface area contributed by atoms with Gasteiger partial charge in [-0.1, -0.05) is 72.8 Å². The Labute approximate surface area is 233 Å². The van der Waals surface area contributed by atoms with E-state index >= 15 is 0 Å². The number of benzene rings is 4. The van der Waals surface area contributed by atoms with Gasteiger partial charge in [0.05, 0.1) is 29.4 Å².